The van der Waals surface area contributed by atoms with Crippen LogP contribution in [0.2, 0.25) is 0 Å². The number of hydrogen-bond acceptors (Lipinski definition) is 3. The van der Waals surface area contributed by atoms with E-state index in [9.17, 15) is 8.42 Å². The average molecular weight is 185 g/mol. The Morgan fingerprint density at radius 2 is 2.10 bits per heavy atom. The van der Waals surface area contributed by atoms with Crippen molar-refractivity contribution in [2.75, 3.05) is 13.7 Å². The normalized spacial score (nSPS) is 22.6. The molecule has 0 spiro atoms. The van der Waals surface area contributed by atoms with Crippen molar-refractivity contribution in [3.8, 4) is 0 Å². The van der Waals surface area contributed by atoms with Crippen LogP contribution in [0.3, 0.4) is 0 Å². The molecule has 5 heteroatoms. The van der Waals surface area contributed by atoms with Crippen molar-refractivity contribution in [2.45, 2.75) is 17.6 Å². The average Bonchev–Trinajstić information content (AvgIpc) is 2.45. The Labute approximate surface area is 64.7 Å². The first-order valence-electron chi connectivity index (χ1n) is 2.95. The van der Waals surface area contributed by atoms with Crippen LogP contribution in [0, 0.1) is 0 Å². The molecule has 10 heavy (non-hydrogen) atoms. The molecule has 0 radical (unpaired) electrons. The summed E-state index contributed by atoms with van der Waals surface area (Å²) in [6, 6.07) is 0. The van der Waals surface area contributed by atoms with Crippen molar-refractivity contribution in [2.24, 2.45) is 0 Å². The molecule has 1 aliphatic rings. The van der Waals surface area contributed by atoms with E-state index in [0.717, 1.165) is 0 Å². The SMILES string of the molecule is COCC1(S(=O)(=O)Cl)CC1. The molecule has 0 amide bonds. The summed E-state index contributed by atoms with van der Waals surface area (Å²) >= 11 is 0. The molecule has 1 aliphatic carbocycles. The highest BCUT2D eigenvalue weighted by Crippen LogP contribution is 2.45. The molecule has 1 fully saturated rings. The summed E-state index contributed by atoms with van der Waals surface area (Å²) in [4.78, 5) is 0. The molecule has 0 aromatic carbocycles. The highest BCUT2D eigenvalue weighted by molar-refractivity contribution is 8.15. The molecular weight excluding hydrogens is 176 g/mol. The topological polar surface area (TPSA) is 43.4 Å². The van der Waals surface area contributed by atoms with Crippen LogP contribution >= 0.6 is 10.7 Å². The lowest BCUT2D eigenvalue weighted by atomic mass is 10.4. The van der Waals surface area contributed by atoms with Crippen LogP contribution in [0.5, 0.6) is 0 Å². The quantitative estimate of drug-likeness (QED) is 0.608. The zero-order valence-corrected chi connectivity index (χ0v) is 7.20. The summed E-state index contributed by atoms with van der Waals surface area (Å²) < 4.78 is 25.6. The van der Waals surface area contributed by atoms with E-state index in [2.05, 4.69) is 0 Å². The maximum absolute atomic E-state index is 10.8. The Hall–Kier alpha value is 0.200. The Bertz CT molecular complexity index is 217. The van der Waals surface area contributed by atoms with Crippen molar-refractivity contribution in [3.05, 3.63) is 0 Å². The van der Waals surface area contributed by atoms with Crippen LogP contribution in [0.4, 0.5) is 0 Å². The van der Waals surface area contributed by atoms with Crippen molar-refractivity contribution >= 4 is 19.7 Å². The fraction of sp³-hybridized carbons (Fsp3) is 1.00. The third-order valence-electron chi connectivity index (χ3n) is 1.73. The summed E-state index contributed by atoms with van der Waals surface area (Å²) in [5, 5.41) is 0. The molecule has 0 saturated heterocycles. The van der Waals surface area contributed by atoms with Gasteiger partial charge in [0.15, 0.2) is 0 Å². The minimum Gasteiger partial charge on any atom is -0.383 e. The number of methoxy groups -OCH3 is 1. The zero-order chi connectivity index (χ0) is 7.83. The number of rotatable bonds is 3. The molecular formula is C5H9ClO3S. The smallest absolute Gasteiger partial charge is 0.240 e. The van der Waals surface area contributed by atoms with Gasteiger partial charge >= 0.3 is 0 Å². The number of ether oxygens (including phenoxy) is 1. The van der Waals surface area contributed by atoms with E-state index in [1.165, 1.54) is 7.11 Å². The van der Waals surface area contributed by atoms with Crippen molar-refractivity contribution in [3.63, 3.8) is 0 Å². The molecule has 0 unspecified atom stereocenters. The van der Waals surface area contributed by atoms with Gasteiger partial charge in [0.25, 0.3) is 0 Å². The van der Waals surface area contributed by atoms with E-state index in [1.54, 1.807) is 0 Å². The Morgan fingerprint density at radius 1 is 1.60 bits per heavy atom. The molecule has 0 heterocycles. The first-order valence-corrected chi connectivity index (χ1v) is 5.26. The highest BCUT2D eigenvalue weighted by Gasteiger charge is 2.53. The van der Waals surface area contributed by atoms with Crippen LogP contribution in [0.25, 0.3) is 0 Å². The standard InChI is InChI=1S/C5H9ClO3S/c1-9-4-5(2-3-5)10(6,7)8/h2-4H2,1H3. The Balaban J connectivity index is 2.71. The van der Waals surface area contributed by atoms with E-state index in [4.69, 9.17) is 15.4 Å². The molecule has 0 aliphatic heterocycles. The predicted molar refractivity (Wildman–Crippen MR) is 38.6 cm³/mol. The van der Waals surface area contributed by atoms with Gasteiger partial charge in [0.05, 0.1) is 6.61 Å². The third kappa shape index (κ3) is 1.28. The summed E-state index contributed by atoms with van der Waals surface area (Å²) in [5.74, 6) is 0. The number of halogens is 1. The second-order valence-electron chi connectivity index (χ2n) is 2.55. The van der Waals surface area contributed by atoms with Gasteiger partial charge in [-0.1, -0.05) is 0 Å². The van der Waals surface area contributed by atoms with Crippen LogP contribution in [0.1, 0.15) is 12.8 Å². The monoisotopic (exact) mass is 184 g/mol. The van der Waals surface area contributed by atoms with Crippen LogP contribution < -0.4 is 0 Å². The summed E-state index contributed by atoms with van der Waals surface area (Å²) in [6.07, 6.45) is 1.26. The highest BCUT2D eigenvalue weighted by atomic mass is 35.7. The van der Waals surface area contributed by atoms with Gasteiger partial charge in [-0.3, -0.25) is 0 Å². The van der Waals surface area contributed by atoms with E-state index in [0.29, 0.717) is 12.8 Å². The van der Waals surface area contributed by atoms with Gasteiger partial charge in [0.2, 0.25) is 9.05 Å². The molecule has 1 rings (SSSR count). The summed E-state index contributed by atoms with van der Waals surface area (Å²) in [6.45, 7) is 0.221. The largest absolute Gasteiger partial charge is 0.383 e. The van der Waals surface area contributed by atoms with E-state index in [1.807, 2.05) is 0 Å². The summed E-state index contributed by atoms with van der Waals surface area (Å²) in [7, 11) is 3.23. The van der Waals surface area contributed by atoms with Crippen molar-refractivity contribution in [1.82, 2.24) is 0 Å². The van der Waals surface area contributed by atoms with Gasteiger partial charge in [-0.05, 0) is 12.8 Å². The first kappa shape index (κ1) is 8.30. The molecule has 0 aromatic rings. The van der Waals surface area contributed by atoms with Crippen molar-refractivity contribution < 1.29 is 13.2 Å². The third-order valence-corrected chi connectivity index (χ3v) is 4.27. The lowest BCUT2D eigenvalue weighted by molar-refractivity contribution is 0.192. The molecule has 0 aromatic heterocycles. The van der Waals surface area contributed by atoms with Gasteiger partial charge in [-0.15, -0.1) is 0 Å². The maximum atomic E-state index is 10.8. The molecule has 0 atom stereocenters. The zero-order valence-electron chi connectivity index (χ0n) is 5.63. The van der Waals surface area contributed by atoms with Gasteiger partial charge in [0, 0.05) is 17.8 Å². The minimum atomic E-state index is -3.41. The van der Waals surface area contributed by atoms with Gasteiger partial charge < -0.3 is 4.74 Å². The number of hydrogen-bond donors (Lipinski definition) is 0. The van der Waals surface area contributed by atoms with Gasteiger partial charge in [-0.25, -0.2) is 8.42 Å². The summed E-state index contributed by atoms with van der Waals surface area (Å²) in [5.41, 5.74) is 0. The Kier molecular flexibility index (Phi) is 1.96. The molecule has 60 valence electrons. The lowest BCUT2D eigenvalue weighted by Gasteiger charge is -2.07. The predicted octanol–water partition coefficient (Wildman–Crippen LogP) is 0.734. The molecule has 3 nitrogen and oxygen atoms in total. The Morgan fingerprint density at radius 3 is 2.20 bits per heavy atom. The molecule has 0 bridgehead atoms. The fourth-order valence-corrected chi connectivity index (χ4v) is 2.31. The maximum Gasteiger partial charge on any atom is 0.240 e. The van der Waals surface area contributed by atoms with Crippen LogP contribution in [-0.2, 0) is 13.8 Å². The van der Waals surface area contributed by atoms with Crippen molar-refractivity contribution in [1.29, 1.82) is 0 Å². The second kappa shape index (κ2) is 2.36. The van der Waals surface area contributed by atoms with E-state index < -0.39 is 13.8 Å². The molecule has 1 saturated carbocycles. The fourth-order valence-electron chi connectivity index (χ4n) is 0.861. The van der Waals surface area contributed by atoms with Gasteiger partial charge in [0.1, 0.15) is 4.75 Å². The molecule has 0 N–H and O–H groups in total. The van der Waals surface area contributed by atoms with E-state index in [-0.39, 0.29) is 6.61 Å². The first-order chi connectivity index (χ1) is 4.52. The lowest BCUT2D eigenvalue weighted by Crippen LogP contribution is -2.23. The second-order valence-corrected chi connectivity index (χ2v) is 5.51. The van der Waals surface area contributed by atoms with E-state index >= 15 is 0 Å². The minimum absolute atomic E-state index is 0.221. The van der Waals surface area contributed by atoms with Gasteiger partial charge in [-0.2, -0.15) is 0 Å². The van der Waals surface area contributed by atoms with Crippen LogP contribution in [0.15, 0.2) is 0 Å². The van der Waals surface area contributed by atoms with Crippen LogP contribution in [-0.4, -0.2) is 26.9 Å².